The Bertz CT molecular complexity index is 1190. The molecule has 1 saturated carbocycles. The van der Waals surface area contributed by atoms with E-state index in [1.165, 1.54) is 4.90 Å². The molecule has 1 atom stereocenters. The van der Waals surface area contributed by atoms with Crippen molar-refractivity contribution in [1.29, 1.82) is 0 Å². The predicted molar refractivity (Wildman–Crippen MR) is 149 cm³/mol. The van der Waals surface area contributed by atoms with E-state index in [1.54, 1.807) is 43.3 Å². The second-order valence-electron chi connectivity index (χ2n) is 10.9. The Labute approximate surface area is 226 Å². The summed E-state index contributed by atoms with van der Waals surface area (Å²) in [5, 5.41) is 3.62. The lowest BCUT2D eigenvalue weighted by atomic mass is 9.87. The molecule has 0 aliphatic heterocycles. The van der Waals surface area contributed by atoms with Crippen molar-refractivity contribution in [2.45, 2.75) is 77.4 Å². The standard InChI is InChI=1S/C28H38ClN3O4S/c1-20(27(34)30-24-8-6-7-9-24)31(18-21-10-14-23(29)15-11-21)26(33)19-32(37(5,35)36)25-16-12-22(13-17-25)28(2,3)4/h10-17,20,24H,6-9,18-19H2,1-5H3,(H,30,34)/t20-/m1/s1. The molecule has 0 aromatic heterocycles. The van der Waals surface area contributed by atoms with E-state index in [-0.39, 0.29) is 23.9 Å². The SMILES string of the molecule is C[C@H](C(=O)NC1CCCC1)N(Cc1ccc(Cl)cc1)C(=O)CN(c1ccc(C(C)(C)C)cc1)S(C)(=O)=O. The van der Waals surface area contributed by atoms with Gasteiger partial charge >= 0.3 is 0 Å². The topological polar surface area (TPSA) is 86.8 Å². The maximum atomic E-state index is 13.7. The van der Waals surface area contributed by atoms with Crippen molar-refractivity contribution in [2.75, 3.05) is 17.1 Å². The number of hydrogen-bond acceptors (Lipinski definition) is 4. The molecule has 0 heterocycles. The summed E-state index contributed by atoms with van der Waals surface area (Å²) in [5.74, 6) is -0.705. The summed E-state index contributed by atoms with van der Waals surface area (Å²) in [6.45, 7) is 7.64. The fourth-order valence-corrected chi connectivity index (χ4v) is 5.48. The highest BCUT2D eigenvalue weighted by atomic mass is 35.5. The number of carbonyl (C=O) groups excluding carboxylic acids is 2. The molecule has 1 fully saturated rings. The first-order valence-corrected chi connectivity index (χ1v) is 14.9. The van der Waals surface area contributed by atoms with Crippen LogP contribution >= 0.6 is 11.6 Å². The van der Waals surface area contributed by atoms with E-state index in [4.69, 9.17) is 11.6 Å². The van der Waals surface area contributed by atoms with E-state index >= 15 is 0 Å². The number of anilines is 1. The van der Waals surface area contributed by atoms with Gasteiger partial charge in [-0.1, -0.05) is 69.5 Å². The maximum absolute atomic E-state index is 13.7. The third kappa shape index (κ3) is 7.95. The molecule has 0 unspecified atom stereocenters. The smallest absolute Gasteiger partial charge is 0.244 e. The summed E-state index contributed by atoms with van der Waals surface area (Å²) >= 11 is 6.03. The number of rotatable bonds is 9. The van der Waals surface area contributed by atoms with Crippen LogP contribution in [-0.2, 0) is 31.6 Å². The Morgan fingerprint density at radius 2 is 1.59 bits per heavy atom. The van der Waals surface area contributed by atoms with Gasteiger partial charge in [0.05, 0.1) is 11.9 Å². The summed E-state index contributed by atoms with van der Waals surface area (Å²) < 4.78 is 26.6. The molecule has 0 saturated heterocycles. The number of sulfonamides is 1. The Morgan fingerprint density at radius 3 is 2.11 bits per heavy atom. The Morgan fingerprint density at radius 1 is 1.03 bits per heavy atom. The molecule has 7 nitrogen and oxygen atoms in total. The molecule has 37 heavy (non-hydrogen) atoms. The van der Waals surface area contributed by atoms with Gasteiger partial charge in [-0.2, -0.15) is 0 Å². The van der Waals surface area contributed by atoms with Gasteiger partial charge < -0.3 is 10.2 Å². The van der Waals surface area contributed by atoms with Crippen molar-refractivity contribution >= 4 is 39.1 Å². The fourth-order valence-electron chi connectivity index (χ4n) is 4.50. The molecule has 3 rings (SSSR count). The molecule has 0 spiro atoms. The van der Waals surface area contributed by atoms with E-state index in [1.807, 2.05) is 12.1 Å². The van der Waals surface area contributed by atoms with Crippen LogP contribution in [0.5, 0.6) is 0 Å². The number of nitrogens with zero attached hydrogens (tertiary/aromatic N) is 2. The minimum Gasteiger partial charge on any atom is -0.352 e. The molecule has 1 aliphatic rings. The fraction of sp³-hybridized carbons (Fsp3) is 0.500. The minimum atomic E-state index is -3.77. The molecule has 2 aromatic rings. The van der Waals surface area contributed by atoms with Crippen LogP contribution in [0.25, 0.3) is 0 Å². The van der Waals surface area contributed by atoms with Crippen molar-refractivity contribution in [3.05, 3.63) is 64.7 Å². The zero-order chi connectivity index (χ0) is 27.4. The third-order valence-corrected chi connectivity index (χ3v) is 8.23. The molecule has 202 valence electrons. The monoisotopic (exact) mass is 547 g/mol. The van der Waals surface area contributed by atoms with Crippen LogP contribution in [0.15, 0.2) is 48.5 Å². The molecule has 0 radical (unpaired) electrons. The molecular formula is C28H38ClN3O4S. The lowest BCUT2D eigenvalue weighted by molar-refractivity contribution is -0.139. The third-order valence-electron chi connectivity index (χ3n) is 6.84. The van der Waals surface area contributed by atoms with Gasteiger partial charge in [-0.3, -0.25) is 13.9 Å². The van der Waals surface area contributed by atoms with Crippen molar-refractivity contribution < 1.29 is 18.0 Å². The highest BCUT2D eigenvalue weighted by molar-refractivity contribution is 7.92. The normalized spacial score (nSPS) is 15.3. The Balaban J connectivity index is 1.87. The van der Waals surface area contributed by atoms with Crippen LogP contribution in [0, 0.1) is 0 Å². The number of amides is 2. The van der Waals surface area contributed by atoms with E-state index in [9.17, 15) is 18.0 Å². The lowest BCUT2D eigenvalue weighted by Gasteiger charge is -2.32. The summed E-state index contributed by atoms with van der Waals surface area (Å²) in [6, 6.07) is 13.5. The summed E-state index contributed by atoms with van der Waals surface area (Å²) in [6.07, 6.45) is 5.08. The molecule has 1 aliphatic carbocycles. The highest BCUT2D eigenvalue weighted by Crippen LogP contribution is 2.26. The molecular weight excluding hydrogens is 510 g/mol. The van der Waals surface area contributed by atoms with Crippen molar-refractivity contribution in [2.24, 2.45) is 0 Å². The van der Waals surface area contributed by atoms with Gasteiger partial charge in [0.2, 0.25) is 21.8 Å². The van der Waals surface area contributed by atoms with E-state index < -0.39 is 28.5 Å². The maximum Gasteiger partial charge on any atom is 0.244 e. The van der Waals surface area contributed by atoms with Crippen molar-refractivity contribution in [3.63, 3.8) is 0 Å². The largest absolute Gasteiger partial charge is 0.352 e. The van der Waals surface area contributed by atoms with Gasteiger partial charge in [-0.25, -0.2) is 8.42 Å². The van der Waals surface area contributed by atoms with Crippen molar-refractivity contribution in [1.82, 2.24) is 10.2 Å². The van der Waals surface area contributed by atoms with E-state index in [0.29, 0.717) is 10.7 Å². The van der Waals surface area contributed by atoms with Crippen LogP contribution in [0.1, 0.15) is 64.5 Å². The predicted octanol–water partition coefficient (Wildman–Crippen LogP) is 4.88. The Kier molecular flexibility index (Phi) is 9.29. The second kappa shape index (κ2) is 11.9. The van der Waals surface area contributed by atoms with E-state index in [2.05, 4.69) is 26.1 Å². The number of benzene rings is 2. The molecule has 9 heteroatoms. The summed E-state index contributed by atoms with van der Waals surface area (Å²) in [7, 11) is -3.77. The molecule has 2 amide bonds. The molecule has 0 bridgehead atoms. The lowest BCUT2D eigenvalue weighted by Crippen LogP contribution is -2.52. The first-order valence-electron chi connectivity index (χ1n) is 12.7. The van der Waals surface area contributed by atoms with Crippen LogP contribution < -0.4 is 9.62 Å². The number of halogens is 1. The summed E-state index contributed by atoms with van der Waals surface area (Å²) in [5.41, 5.74) is 2.15. The second-order valence-corrected chi connectivity index (χ2v) is 13.2. The zero-order valence-corrected chi connectivity index (χ0v) is 23.9. The van der Waals surface area contributed by atoms with Gasteiger partial charge in [-0.05, 0) is 60.6 Å². The van der Waals surface area contributed by atoms with Crippen LogP contribution in [0.3, 0.4) is 0 Å². The quantitative estimate of drug-likeness (QED) is 0.485. The number of carbonyl (C=O) groups is 2. The average Bonchev–Trinajstić information content (AvgIpc) is 3.33. The van der Waals surface area contributed by atoms with Gasteiger partial charge in [0.15, 0.2) is 0 Å². The van der Waals surface area contributed by atoms with E-state index in [0.717, 1.165) is 47.4 Å². The van der Waals surface area contributed by atoms with Crippen molar-refractivity contribution in [3.8, 4) is 0 Å². The first kappa shape index (κ1) is 29.0. The van der Waals surface area contributed by atoms with Gasteiger partial charge in [0, 0.05) is 17.6 Å². The van der Waals surface area contributed by atoms with Crippen LogP contribution in [0.4, 0.5) is 5.69 Å². The molecule has 1 N–H and O–H groups in total. The number of hydrogen-bond donors (Lipinski definition) is 1. The number of nitrogens with one attached hydrogen (secondary N) is 1. The van der Waals surface area contributed by atoms with Gasteiger partial charge in [0.1, 0.15) is 12.6 Å². The first-order chi connectivity index (χ1) is 17.3. The average molecular weight is 548 g/mol. The van der Waals surface area contributed by atoms with Gasteiger partial charge in [0.25, 0.3) is 0 Å². The minimum absolute atomic E-state index is 0.0955. The van der Waals surface area contributed by atoms with Crippen LogP contribution in [0.2, 0.25) is 5.02 Å². The molecule has 2 aromatic carbocycles. The van der Waals surface area contributed by atoms with Crippen LogP contribution in [-0.4, -0.2) is 50.0 Å². The summed E-state index contributed by atoms with van der Waals surface area (Å²) in [4.78, 5) is 28.2. The highest BCUT2D eigenvalue weighted by Gasteiger charge is 2.31. The Hall–Kier alpha value is -2.58. The zero-order valence-electron chi connectivity index (χ0n) is 22.3. The van der Waals surface area contributed by atoms with Gasteiger partial charge in [-0.15, -0.1) is 0 Å².